The van der Waals surface area contributed by atoms with E-state index in [1.54, 1.807) is 24.3 Å². The van der Waals surface area contributed by atoms with Gasteiger partial charge < -0.3 is 9.47 Å². The first-order valence-corrected chi connectivity index (χ1v) is 14.1. The van der Waals surface area contributed by atoms with Crippen LogP contribution < -0.4 is 0 Å². The topological polar surface area (TPSA) is 105 Å². The van der Waals surface area contributed by atoms with Crippen molar-refractivity contribution in [2.24, 2.45) is 0 Å². The van der Waals surface area contributed by atoms with Gasteiger partial charge in [0.1, 0.15) is 12.2 Å². The molecule has 0 saturated carbocycles. The number of aryl methyl sites for hydroxylation is 2. The van der Waals surface area contributed by atoms with Crippen LogP contribution in [-0.2, 0) is 38.1 Å². The van der Waals surface area contributed by atoms with E-state index in [2.05, 4.69) is 0 Å². The Morgan fingerprint density at radius 1 is 0.824 bits per heavy atom. The van der Waals surface area contributed by atoms with Crippen molar-refractivity contribution < 1.29 is 34.7 Å². The molecular formula is C24H32O8S2. The molecule has 0 spiro atoms. The van der Waals surface area contributed by atoms with Crippen molar-refractivity contribution in [3.63, 3.8) is 0 Å². The van der Waals surface area contributed by atoms with Crippen LogP contribution in [0, 0.1) is 13.8 Å². The first-order chi connectivity index (χ1) is 16.2. The van der Waals surface area contributed by atoms with Crippen molar-refractivity contribution in [1.82, 2.24) is 0 Å². The van der Waals surface area contributed by atoms with E-state index in [0.717, 1.165) is 11.1 Å². The summed E-state index contributed by atoms with van der Waals surface area (Å²) in [6, 6.07) is 13.0. The van der Waals surface area contributed by atoms with Crippen LogP contribution in [0.4, 0.5) is 0 Å². The number of ether oxygens (including phenoxy) is 2. The summed E-state index contributed by atoms with van der Waals surface area (Å²) in [5.41, 5.74) is 1.92. The van der Waals surface area contributed by atoms with Crippen LogP contribution >= 0.6 is 0 Å². The summed E-state index contributed by atoms with van der Waals surface area (Å²) in [5, 5.41) is 0. The zero-order valence-electron chi connectivity index (χ0n) is 19.5. The second kappa shape index (κ2) is 12.2. The summed E-state index contributed by atoms with van der Waals surface area (Å²) >= 11 is 0. The molecule has 2 atom stereocenters. The zero-order chi connectivity index (χ0) is 24.6. The maximum atomic E-state index is 12.8. The summed E-state index contributed by atoms with van der Waals surface area (Å²) in [6.07, 6.45) is 0.980. The molecule has 1 fully saturated rings. The number of hydrogen-bond acceptors (Lipinski definition) is 8. The second-order valence-corrected chi connectivity index (χ2v) is 11.5. The molecule has 2 unspecified atom stereocenters. The van der Waals surface area contributed by atoms with Gasteiger partial charge in [-0.3, -0.25) is 8.37 Å². The lowest BCUT2D eigenvalue weighted by Crippen LogP contribution is -2.41. The normalized spacial score (nSPS) is 18.0. The zero-order valence-corrected chi connectivity index (χ0v) is 21.1. The van der Waals surface area contributed by atoms with E-state index < -0.39 is 32.4 Å². The first kappa shape index (κ1) is 26.8. The summed E-state index contributed by atoms with van der Waals surface area (Å²) in [7, 11) is -7.76. The number of rotatable bonds is 12. The van der Waals surface area contributed by atoms with Crippen LogP contribution in [0.2, 0.25) is 0 Å². The molecule has 10 heteroatoms. The lowest BCUT2D eigenvalue weighted by atomic mass is 10.1. The molecule has 1 saturated heterocycles. The van der Waals surface area contributed by atoms with E-state index in [4.69, 9.17) is 17.8 Å². The minimum absolute atomic E-state index is 0.0481. The predicted molar refractivity (Wildman–Crippen MR) is 127 cm³/mol. The molecule has 1 aliphatic heterocycles. The molecule has 2 aromatic rings. The largest absolute Gasteiger partial charge is 0.376 e. The standard InChI is InChI=1S/C24H32O8S2/c1-19-7-11-21(12-8-19)33(25,26)31-15-5-3-4-6-23(24-18-29-16-17-30-24)32-34(27,28)22-13-9-20(2)10-14-22/h7-14,23-24H,3-6,15-18H2,1-2H3. The van der Waals surface area contributed by atoms with Gasteiger partial charge in [-0.05, 0) is 51.0 Å². The Morgan fingerprint density at radius 2 is 1.41 bits per heavy atom. The first-order valence-electron chi connectivity index (χ1n) is 11.3. The average Bonchev–Trinajstić information content (AvgIpc) is 2.81. The van der Waals surface area contributed by atoms with Crippen molar-refractivity contribution in [2.45, 2.75) is 61.5 Å². The Hall–Kier alpha value is -1.82. The molecule has 0 radical (unpaired) electrons. The highest BCUT2D eigenvalue weighted by Crippen LogP contribution is 2.23. The fourth-order valence-corrected chi connectivity index (χ4v) is 5.57. The van der Waals surface area contributed by atoms with Crippen molar-refractivity contribution >= 4 is 20.2 Å². The number of unbranched alkanes of at least 4 members (excludes halogenated alkanes) is 2. The Kier molecular flexibility index (Phi) is 9.64. The fraction of sp³-hybridized carbons (Fsp3) is 0.500. The number of benzene rings is 2. The van der Waals surface area contributed by atoms with E-state index >= 15 is 0 Å². The van der Waals surface area contributed by atoms with Gasteiger partial charge >= 0.3 is 0 Å². The molecule has 8 nitrogen and oxygen atoms in total. The quantitative estimate of drug-likeness (QED) is 0.313. The average molecular weight is 513 g/mol. The number of hydrogen-bond donors (Lipinski definition) is 0. The molecule has 1 heterocycles. The fourth-order valence-electron chi connectivity index (χ4n) is 3.51. The van der Waals surface area contributed by atoms with Crippen molar-refractivity contribution in [1.29, 1.82) is 0 Å². The summed E-state index contributed by atoms with van der Waals surface area (Å²) < 4.78 is 72.0. The third kappa shape index (κ3) is 7.86. The van der Waals surface area contributed by atoms with Crippen LogP contribution in [-0.4, -0.2) is 55.5 Å². The van der Waals surface area contributed by atoms with Crippen LogP contribution in [0.1, 0.15) is 36.8 Å². The molecular weight excluding hydrogens is 480 g/mol. The third-order valence-electron chi connectivity index (χ3n) is 5.50. The van der Waals surface area contributed by atoms with E-state index in [9.17, 15) is 16.8 Å². The van der Waals surface area contributed by atoms with Crippen LogP contribution in [0.3, 0.4) is 0 Å². The van der Waals surface area contributed by atoms with Gasteiger partial charge in [-0.15, -0.1) is 0 Å². The van der Waals surface area contributed by atoms with Gasteiger partial charge in [0.15, 0.2) is 0 Å². The van der Waals surface area contributed by atoms with E-state index in [1.807, 2.05) is 13.8 Å². The third-order valence-corrected chi connectivity index (χ3v) is 8.17. The molecule has 0 aliphatic carbocycles. The maximum absolute atomic E-state index is 12.8. The Morgan fingerprint density at radius 3 is 1.97 bits per heavy atom. The van der Waals surface area contributed by atoms with Crippen molar-refractivity contribution in [3.05, 3.63) is 59.7 Å². The Bertz CT molecular complexity index is 1100. The van der Waals surface area contributed by atoms with Crippen LogP contribution in [0.5, 0.6) is 0 Å². The molecule has 2 aromatic carbocycles. The van der Waals surface area contributed by atoms with Crippen LogP contribution in [0.25, 0.3) is 0 Å². The van der Waals surface area contributed by atoms with Gasteiger partial charge in [0.2, 0.25) is 0 Å². The van der Waals surface area contributed by atoms with Gasteiger partial charge in [-0.1, -0.05) is 48.2 Å². The predicted octanol–water partition coefficient (Wildman–Crippen LogP) is 3.76. The lowest BCUT2D eigenvalue weighted by Gasteiger charge is -2.30. The smallest absolute Gasteiger partial charge is 0.297 e. The molecule has 188 valence electrons. The van der Waals surface area contributed by atoms with E-state index in [-0.39, 0.29) is 23.0 Å². The summed E-state index contributed by atoms with van der Waals surface area (Å²) in [5.74, 6) is 0. The van der Waals surface area contributed by atoms with Gasteiger partial charge in [0.25, 0.3) is 20.2 Å². The van der Waals surface area contributed by atoms with Crippen molar-refractivity contribution in [3.8, 4) is 0 Å². The SMILES string of the molecule is Cc1ccc(S(=O)(=O)OCCCCCC(OS(=O)(=O)c2ccc(C)cc2)C2COCCO2)cc1. The van der Waals surface area contributed by atoms with Gasteiger partial charge in [0.05, 0.1) is 36.2 Å². The minimum atomic E-state index is -3.97. The molecule has 0 aromatic heterocycles. The Labute approximate surface area is 202 Å². The van der Waals surface area contributed by atoms with Crippen LogP contribution in [0.15, 0.2) is 58.3 Å². The molecule has 34 heavy (non-hydrogen) atoms. The minimum Gasteiger partial charge on any atom is -0.376 e. The molecule has 3 rings (SSSR count). The van der Waals surface area contributed by atoms with E-state index in [0.29, 0.717) is 38.9 Å². The highest BCUT2D eigenvalue weighted by molar-refractivity contribution is 7.87. The molecule has 0 amide bonds. The molecule has 0 N–H and O–H groups in total. The van der Waals surface area contributed by atoms with Gasteiger partial charge in [-0.2, -0.15) is 16.8 Å². The molecule has 0 bridgehead atoms. The highest BCUT2D eigenvalue weighted by atomic mass is 32.2. The molecule has 1 aliphatic rings. The van der Waals surface area contributed by atoms with Gasteiger partial charge in [-0.25, -0.2) is 0 Å². The maximum Gasteiger partial charge on any atom is 0.297 e. The summed E-state index contributed by atoms with van der Waals surface area (Å²) in [6.45, 7) is 4.90. The second-order valence-electron chi connectivity index (χ2n) is 8.32. The highest BCUT2D eigenvalue weighted by Gasteiger charge is 2.31. The van der Waals surface area contributed by atoms with Gasteiger partial charge in [0, 0.05) is 0 Å². The van der Waals surface area contributed by atoms with Crippen molar-refractivity contribution in [2.75, 3.05) is 26.4 Å². The monoisotopic (exact) mass is 512 g/mol. The Balaban J connectivity index is 1.51. The lowest BCUT2D eigenvalue weighted by molar-refractivity contribution is -0.126. The van der Waals surface area contributed by atoms with E-state index in [1.165, 1.54) is 24.3 Å². The summed E-state index contributed by atoms with van der Waals surface area (Å²) in [4.78, 5) is 0.219.